The van der Waals surface area contributed by atoms with Crippen molar-refractivity contribution in [2.75, 3.05) is 19.6 Å². The van der Waals surface area contributed by atoms with Gasteiger partial charge in [0.15, 0.2) is 0 Å². The predicted octanol–water partition coefficient (Wildman–Crippen LogP) is 5.19. The molecule has 0 amide bonds. The fourth-order valence-corrected chi connectivity index (χ4v) is 2.88. The molecule has 2 aromatic rings. The summed E-state index contributed by atoms with van der Waals surface area (Å²) in [7, 11) is 0. The third kappa shape index (κ3) is 4.18. The number of rotatable bonds is 7. The number of benzene rings is 2. The van der Waals surface area contributed by atoms with Gasteiger partial charge in [0.05, 0.1) is 0 Å². The van der Waals surface area contributed by atoms with Gasteiger partial charge in [0.25, 0.3) is 0 Å². The van der Waals surface area contributed by atoms with Gasteiger partial charge in [-0.2, -0.15) is 0 Å². The van der Waals surface area contributed by atoms with E-state index in [1.54, 1.807) is 0 Å². The smallest absolute Gasteiger partial charge is 0.00132 e. The van der Waals surface area contributed by atoms with Crippen molar-refractivity contribution in [1.29, 1.82) is 0 Å². The minimum absolute atomic E-state index is 0.585. The molecule has 2 aromatic carbocycles. The third-order valence-corrected chi connectivity index (χ3v) is 4.35. The summed E-state index contributed by atoms with van der Waals surface area (Å²) in [5, 5.41) is 0. The average molecular weight is 281 g/mol. The molecule has 112 valence electrons. The largest absolute Gasteiger partial charge is 0.304 e. The molecule has 2 rings (SSSR count). The lowest BCUT2D eigenvalue weighted by molar-refractivity contribution is 0.292. The van der Waals surface area contributed by atoms with Crippen molar-refractivity contribution in [3.05, 3.63) is 60.2 Å². The van der Waals surface area contributed by atoms with E-state index in [4.69, 9.17) is 0 Å². The Morgan fingerprint density at radius 1 is 0.857 bits per heavy atom. The quantitative estimate of drug-likeness (QED) is 0.675. The maximum Gasteiger partial charge on any atom is -0.00132 e. The van der Waals surface area contributed by atoms with Crippen LogP contribution in [0.4, 0.5) is 0 Å². The summed E-state index contributed by atoms with van der Waals surface area (Å²) in [4.78, 5) is 2.50. The average Bonchev–Trinajstić information content (AvgIpc) is 2.56. The molecule has 1 unspecified atom stereocenters. The molecule has 1 atom stereocenters. The monoisotopic (exact) mass is 281 g/mol. The maximum absolute atomic E-state index is 2.50. The van der Waals surface area contributed by atoms with Crippen LogP contribution < -0.4 is 0 Å². The molecule has 0 aliphatic rings. The zero-order chi connectivity index (χ0) is 15.1. The van der Waals surface area contributed by atoms with Gasteiger partial charge >= 0.3 is 0 Å². The van der Waals surface area contributed by atoms with E-state index in [-0.39, 0.29) is 0 Å². The van der Waals surface area contributed by atoms with Crippen LogP contribution in [-0.2, 0) is 0 Å². The van der Waals surface area contributed by atoms with Gasteiger partial charge in [-0.3, -0.25) is 0 Å². The van der Waals surface area contributed by atoms with Crippen molar-refractivity contribution in [2.45, 2.75) is 33.1 Å². The Hall–Kier alpha value is -1.60. The Bertz CT molecular complexity index is 529. The Morgan fingerprint density at radius 2 is 1.48 bits per heavy atom. The van der Waals surface area contributed by atoms with E-state index in [1.165, 1.54) is 29.7 Å². The van der Waals surface area contributed by atoms with Crippen molar-refractivity contribution in [3.8, 4) is 11.1 Å². The van der Waals surface area contributed by atoms with E-state index in [1.807, 2.05) is 0 Å². The Balaban J connectivity index is 2.16. The lowest BCUT2D eigenvalue weighted by atomic mass is 9.89. The highest BCUT2D eigenvalue weighted by molar-refractivity contribution is 5.67. The third-order valence-electron chi connectivity index (χ3n) is 4.35. The van der Waals surface area contributed by atoms with Gasteiger partial charge in [0, 0.05) is 0 Å². The summed E-state index contributed by atoms with van der Waals surface area (Å²) in [6.07, 6.45) is 1.21. The van der Waals surface area contributed by atoms with E-state index in [0.29, 0.717) is 5.92 Å². The second-order valence-corrected chi connectivity index (χ2v) is 5.67. The molecule has 0 aliphatic heterocycles. The summed E-state index contributed by atoms with van der Waals surface area (Å²) < 4.78 is 0. The molecule has 0 saturated carbocycles. The summed E-state index contributed by atoms with van der Waals surface area (Å²) in [6.45, 7) is 10.3. The second-order valence-electron chi connectivity index (χ2n) is 5.67. The number of hydrogen-bond acceptors (Lipinski definition) is 1. The lowest BCUT2D eigenvalue weighted by Gasteiger charge is -2.22. The fraction of sp³-hybridized carbons (Fsp3) is 0.400. The van der Waals surface area contributed by atoms with E-state index in [2.05, 4.69) is 80.3 Å². The van der Waals surface area contributed by atoms with Gasteiger partial charge in [-0.25, -0.2) is 0 Å². The van der Waals surface area contributed by atoms with Crippen LogP contribution >= 0.6 is 0 Å². The molecule has 0 saturated heterocycles. The van der Waals surface area contributed by atoms with Gasteiger partial charge in [-0.15, -0.1) is 0 Å². The van der Waals surface area contributed by atoms with E-state index in [9.17, 15) is 0 Å². The molecule has 0 bridgehead atoms. The first-order valence-electron chi connectivity index (χ1n) is 8.13. The summed E-state index contributed by atoms with van der Waals surface area (Å²) in [6, 6.07) is 19.6. The zero-order valence-electron chi connectivity index (χ0n) is 13.5. The van der Waals surface area contributed by atoms with Crippen LogP contribution in [0.5, 0.6) is 0 Å². The summed E-state index contributed by atoms with van der Waals surface area (Å²) in [5.41, 5.74) is 4.17. The topological polar surface area (TPSA) is 3.24 Å². The Morgan fingerprint density at radius 3 is 2.14 bits per heavy atom. The lowest BCUT2D eigenvalue weighted by Crippen LogP contribution is -2.25. The first-order chi connectivity index (χ1) is 10.3. The van der Waals surface area contributed by atoms with Crippen LogP contribution in [0.2, 0.25) is 0 Å². The first-order valence-corrected chi connectivity index (χ1v) is 8.13. The summed E-state index contributed by atoms with van der Waals surface area (Å²) >= 11 is 0. The molecule has 0 aliphatic carbocycles. The van der Waals surface area contributed by atoms with Crippen LogP contribution in [0.3, 0.4) is 0 Å². The first kappa shape index (κ1) is 15.8. The number of nitrogens with zero attached hydrogens (tertiary/aromatic N) is 1. The fourth-order valence-electron chi connectivity index (χ4n) is 2.88. The van der Waals surface area contributed by atoms with E-state index < -0.39 is 0 Å². The van der Waals surface area contributed by atoms with Crippen molar-refractivity contribution >= 4 is 0 Å². The van der Waals surface area contributed by atoms with Crippen LogP contribution in [-0.4, -0.2) is 24.5 Å². The van der Waals surface area contributed by atoms with Crippen LogP contribution in [0.25, 0.3) is 11.1 Å². The van der Waals surface area contributed by atoms with Crippen molar-refractivity contribution in [1.82, 2.24) is 4.90 Å². The molecule has 0 N–H and O–H groups in total. The highest BCUT2D eigenvalue weighted by Crippen LogP contribution is 2.30. The van der Waals surface area contributed by atoms with E-state index >= 15 is 0 Å². The van der Waals surface area contributed by atoms with Crippen LogP contribution in [0.15, 0.2) is 54.6 Å². The highest BCUT2D eigenvalue weighted by Gasteiger charge is 2.12. The molecule has 0 fully saturated rings. The molecule has 0 heterocycles. The van der Waals surface area contributed by atoms with Crippen molar-refractivity contribution in [3.63, 3.8) is 0 Å². The van der Waals surface area contributed by atoms with Gasteiger partial charge in [-0.05, 0) is 48.7 Å². The Labute approximate surface area is 129 Å². The van der Waals surface area contributed by atoms with E-state index in [0.717, 1.165) is 13.1 Å². The second kappa shape index (κ2) is 7.99. The zero-order valence-corrected chi connectivity index (χ0v) is 13.5. The van der Waals surface area contributed by atoms with Crippen molar-refractivity contribution in [2.24, 2.45) is 0 Å². The maximum atomic E-state index is 2.50. The molecule has 21 heavy (non-hydrogen) atoms. The molecule has 0 spiro atoms. The summed E-state index contributed by atoms with van der Waals surface area (Å²) in [5.74, 6) is 0.585. The minimum Gasteiger partial charge on any atom is -0.304 e. The Kier molecular flexibility index (Phi) is 6.01. The minimum atomic E-state index is 0.585. The molecule has 1 heteroatoms. The highest BCUT2D eigenvalue weighted by atomic mass is 15.1. The normalized spacial score (nSPS) is 12.6. The van der Waals surface area contributed by atoms with Crippen LogP contribution in [0, 0.1) is 0 Å². The molecular weight excluding hydrogens is 254 g/mol. The molecule has 1 nitrogen and oxygen atoms in total. The van der Waals surface area contributed by atoms with Gasteiger partial charge in [-0.1, -0.05) is 75.4 Å². The molecule has 0 radical (unpaired) electrons. The molecular formula is C20H27N. The molecule has 0 aromatic heterocycles. The van der Waals surface area contributed by atoms with Gasteiger partial charge in [0.2, 0.25) is 0 Å². The standard InChI is InChI=1S/C20H27N/c1-4-21(5-2)16-15-17(3)19-13-9-10-14-20(19)18-11-7-6-8-12-18/h6-14,17H,4-5,15-16H2,1-3H3. The van der Waals surface area contributed by atoms with Gasteiger partial charge in [0.1, 0.15) is 0 Å². The van der Waals surface area contributed by atoms with Gasteiger partial charge < -0.3 is 4.90 Å². The number of hydrogen-bond donors (Lipinski definition) is 0. The van der Waals surface area contributed by atoms with Crippen LogP contribution in [0.1, 0.15) is 38.7 Å². The van der Waals surface area contributed by atoms with Crippen molar-refractivity contribution < 1.29 is 0 Å². The predicted molar refractivity (Wildman–Crippen MR) is 92.7 cm³/mol. The SMILES string of the molecule is CCN(CC)CCC(C)c1ccccc1-c1ccccc1.